The van der Waals surface area contributed by atoms with Crippen LogP contribution >= 0.6 is 11.3 Å². The van der Waals surface area contributed by atoms with Gasteiger partial charge in [0.15, 0.2) is 11.5 Å². The Hall–Kier alpha value is -3.58. The summed E-state index contributed by atoms with van der Waals surface area (Å²) in [4.78, 5) is 16.3. The average molecular weight is 501 g/mol. The van der Waals surface area contributed by atoms with Crippen LogP contribution in [0.25, 0.3) is 10.4 Å². The SMILES string of the molecule is Cc1noc(C)c1CC(=O)N1CCOc2c(cc(-c3cccs3)cc2OC2CCc3ccccc32)C1. The molecule has 36 heavy (non-hydrogen) atoms. The van der Waals surface area contributed by atoms with E-state index >= 15 is 0 Å². The van der Waals surface area contributed by atoms with Crippen LogP contribution in [0.2, 0.25) is 0 Å². The summed E-state index contributed by atoms with van der Waals surface area (Å²) in [6.45, 7) is 5.11. The fourth-order valence-corrected chi connectivity index (χ4v) is 5.90. The number of hydrogen-bond donors (Lipinski definition) is 0. The number of amides is 1. The van der Waals surface area contributed by atoms with Crippen LogP contribution < -0.4 is 9.47 Å². The van der Waals surface area contributed by atoms with Gasteiger partial charge in [-0.2, -0.15) is 0 Å². The van der Waals surface area contributed by atoms with E-state index < -0.39 is 0 Å². The lowest BCUT2D eigenvalue weighted by molar-refractivity contribution is -0.131. The van der Waals surface area contributed by atoms with Crippen molar-refractivity contribution in [1.29, 1.82) is 0 Å². The van der Waals surface area contributed by atoms with Crippen molar-refractivity contribution in [3.63, 3.8) is 0 Å². The van der Waals surface area contributed by atoms with E-state index in [1.54, 1.807) is 11.3 Å². The third kappa shape index (κ3) is 4.28. The molecule has 0 spiro atoms. The average Bonchev–Trinajstić information content (AvgIpc) is 3.59. The summed E-state index contributed by atoms with van der Waals surface area (Å²) in [6, 6.07) is 16.9. The van der Waals surface area contributed by atoms with E-state index in [2.05, 4.69) is 59.1 Å². The standard InChI is InChI=1S/C29H28N2O4S/c1-18-24(19(2)35-30-18)16-28(32)31-11-12-33-29-22(17-31)14-21(27-8-5-13-36-27)15-26(29)34-25-10-9-20-6-3-4-7-23(20)25/h3-8,13-15,25H,9-12,16-17H2,1-2H3. The minimum absolute atomic E-state index is 0.00647. The van der Waals surface area contributed by atoms with Crippen LogP contribution in [0.1, 0.15) is 46.2 Å². The van der Waals surface area contributed by atoms with Gasteiger partial charge in [0, 0.05) is 22.5 Å². The highest BCUT2D eigenvalue weighted by Gasteiger charge is 2.29. The zero-order chi connectivity index (χ0) is 24.6. The molecule has 2 aromatic heterocycles. The van der Waals surface area contributed by atoms with Gasteiger partial charge in [-0.15, -0.1) is 11.3 Å². The number of ether oxygens (including phenoxy) is 2. The fourth-order valence-electron chi connectivity index (χ4n) is 5.18. The monoisotopic (exact) mass is 500 g/mol. The Morgan fingerprint density at radius 2 is 2.06 bits per heavy atom. The molecule has 1 unspecified atom stereocenters. The lowest BCUT2D eigenvalue weighted by Gasteiger charge is -2.21. The predicted octanol–water partition coefficient (Wildman–Crippen LogP) is 6.05. The van der Waals surface area contributed by atoms with E-state index in [1.807, 2.05) is 18.7 Å². The van der Waals surface area contributed by atoms with Crippen molar-refractivity contribution < 1.29 is 18.8 Å². The minimum Gasteiger partial charge on any atom is -0.487 e. The fraction of sp³-hybridized carbons (Fsp3) is 0.310. The molecule has 0 bridgehead atoms. The van der Waals surface area contributed by atoms with Crippen molar-refractivity contribution >= 4 is 17.2 Å². The number of nitrogens with zero attached hydrogens (tertiary/aromatic N) is 2. The molecule has 7 heteroatoms. The highest BCUT2D eigenvalue weighted by Crippen LogP contribution is 2.43. The third-order valence-electron chi connectivity index (χ3n) is 7.12. The molecule has 184 valence electrons. The number of thiophene rings is 1. The van der Waals surface area contributed by atoms with Crippen LogP contribution in [0.3, 0.4) is 0 Å². The third-order valence-corrected chi connectivity index (χ3v) is 8.03. The molecule has 1 aliphatic carbocycles. The lowest BCUT2D eigenvalue weighted by atomic mass is 10.1. The number of rotatable bonds is 5. The summed E-state index contributed by atoms with van der Waals surface area (Å²) >= 11 is 1.69. The quantitative estimate of drug-likeness (QED) is 0.334. The minimum atomic E-state index is -0.00647. The Kier molecular flexibility index (Phi) is 6.01. The van der Waals surface area contributed by atoms with Gasteiger partial charge in [-0.25, -0.2) is 0 Å². The van der Waals surface area contributed by atoms with Crippen LogP contribution in [-0.4, -0.2) is 29.1 Å². The van der Waals surface area contributed by atoms with Gasteiger partial charge < -0.3 is 18.9 Å². The second-order valence-electron chi connectivity index (χ2n) is 9.43. The molecule has 6 nitrogen and oxygen atoms in total. The van der Waals surface area contributed by atoms with E-state index in [0.717, 1.165) is 51.6 Å². The number of aryl methyl sites for hydroxylation is 3. The van der Waals surface area contributed by atoms with Gasteiger partial charge in [-0.1, -0.05) is 35.5 Å². The molecule has 0 saturated carbocycles. The van der Waals surface area contributed by atoms with E-state index in [9.17, 15) is 4.79 Å². The normalized spacial score (nSPS) is 16.7. The first-order valence-electron chi connectivity index (χ1n) is 12.3. The molecule has 2 aliphatic rings. The predicted molar refractivity (Wildman–Crippen MR) is 138 cm³/mol. The van der Waals surface area contributed by atoms with Gasteiger partial charge in [0.2, 0.25) is 5.91 Å². The summed E-state index contributed by atoms with van der Waals surface area (Å²) in [5, 5.41) is 6.07. The van der Waals surface area contributed by atoms with Gasteiger partial charge in [0.25, 0.3) is 0 Å². The van der Waals surface area contributed by atoms with Gasteiger partial charge in [-0.05, 0) is 67.0 Å². The maximum Gasteiger partial charge on any atom is 0.227 e. The van der Waals surface area contributed by atoms with E-state index in [-0.39, 0.29) is 18.4 Å². The summed E-state index contributed by atoms with van der Waals surface area (Å²) in [5.74, 6) is 2.22. The summed E-state index contributed by atoms with van der Waals surface area (Å²) < 4.78 is 18.2. The maximum absolute atomic E-state index is 13.3. The van der Waals surface area contributed by atoms with Crippen LogP contribution in [-0.2, 0) is 24.2 Å². The van der Waals surface area contributed by atoms with Gasteiger partial charge in [0.05, 0.1) is 18.7 Å². The second-order valence-corrected chi connectivity index (χ2v) is 10.4. The first kappa shape index (κ1) is 22.9. The van der Waals surface area contributed by atoms with Crippen LogP contribution in [0.5, 0.6) is 11.5 Å². The molecule has 0 radical (unpaired) electrons. The number of aromatic nitrogens is 1. The van der Waals surface area contributed by atoms with Crippen LogP contribution in [0.4, 0.5) is 0 Å². The van der Waals surface area contributed by atoms with Crippen molar-refractivity contribution in [3.05, 3.63) is 87.6 Å². The Morgan fingerprint density at radius 3 is 2.86 bits per heavy atom. The van der Waals surface area contributed by atoms with Crippen molar-refractivity contribution in [2.75, 3.05) is 13.2 Å². The Balaban J connectivity index is 1.33. The summed E-state index contributed by atoms with van der Waals surface area (Å²) in [7, 11) is 0. The van der Waals surface area contributed by atoms with Gasteiger partial charge in [-0.3, -0.25) is 4.79 Å². The topological polar surface area (TPSA) is 64.8 Å². The largest absolute Gasteiger partial charge is 0.487 e. The van der Waals surface area contributed by atoms with Gasteiger partial charge >= 0.3 is 0 Å². The number of hydrogen-bond acceptors (Lipinski definition) is 6. The van der Waals surface area contributed by atoms with Crippen molar-refractivity contribution in [1.82, 2.24) is 10.1 Å². The van der Waals surface area contributed by atoms with Crippen LogP contribution in [0, 0.1) is 13.8 Å². The van der Waals surface area contributed by atoms with E-state index in [4.69, 9.17) is 14.0 Å². The Bertz CT molecular complexity index is 1390. The molecule has 4 aromatic rings. The lowest BCUT2D eigenvalue weighted by Crippen LogP contribution is -2.33. The van der Waals surface area contributed by atoms with Gasteiger partial charge in [0.1, 0.15) is 18.5 Å². The second kappa shape index (κ2) is 9.47. The summed E-state index contributed by atoms with van der Waals surface area (Å²) in [6.07, 6.45) is 2.22. The first-order chi connectivity index (χ1) is 17.6. The number of benzene rings is 2. The molecule has 2 aromatic carbocycles. The maximum atomic E-state index is 13.3. The Morgan fingerprint density at radius 1 is 1.17 bits per heavy atom. The molecule has 0 fully saturated rings. The first-order valence-corrected chi connectivity index (χ1v) is 13.2. The molecule has 3 heterocycles. The smallest absolute Gasteiger partial charge is 0.227 e. The highest BCUT2D eigenvalue weighted by molar-refractivity contribution is 7.13. The molecular formula is C29H28N2O4S. The molecule has 1 aliphatic heterocycles. The zero-order valence-electron chi connectivity index (χ0n) is 20.5. The zero-order valence-corrected chi connectivity index (χ0v) is 21.3. The van der Waals surface area contributed by atoms with Crippen molar-refractivity contribution in [2.24, 2.45) is 0 Å². The molecular weight excluding hydrogens is 472 g/mol. The van der Waals surface area contributed by atoms with E-state index in [0.29, 0.717) is 25.5 Å². The summed E-state index contributed by atoms with van der Waals surface area (Å²) in [5.41, 5.74) is 6.26. The molecule has 1 atom stereocenters. The van der Waals surface area contributed by atoms with Crippen molar-refractivity contribution in [2.45, 2.75) is 45.8 Å². The number of carbonyl (C=O) groups excluding carboxylic acids is 1. The molecule has 1 amide bonds. The molecule has 0 N–H and O–H groups in total. The molecule has 0 saturated heterocycles. The highest BCUT2D eigenvalue weighted by atomic mass is 32.1. The number of fused-ring (bicyclic) bond motifs is 2. The van der Waals surface area contributed by atoms with E-state index in [1.165, 1.54) is 11.1 Å². The molecule has 6 rings (SSSR count). The number of carbonyl (C=O) groups is 1. The van der Waals surface area contributed by atoms with Crippen molar-refractivity contribution in [3.8, 4) is 21.9 Å². The van der Waals surface area contributed by atoms with Crippen LogP contribution in [0.15, 0.2) is 58.4 Å². The Labute approximate surface area is 214 Å².